The Morgan fingerprint density at radius 2 is 1.92 bits per heavy atom. The number of nitrogens with zero attached hydrogens (tertiary/aromatic N) is 4. The number of ether oxygens (including phenoxy) is 1. The van der Waals surface area contributed by atoms with Crippen LogP contribution in [0.1, 0.15) is 62.2 Å². The molecule has 1 aromatic heterocycles. The van der Waals surface area contributed by atoms with Gasteiger partial charge in [0.1, 0.15) is 0 Å². The number of carbonyl (C=O) groups is 1. The number of amides is 1. The minimum Gasteiger partial charge on any atom is -0.381 e. The molecule has 5 rings (SSSR count). The van der Waals surface area contributed by atoms with Gasteiger partial charge in [-0.2, -0.15) is 4.98 Å². The van der Waals surface area contributed by atoms with Crippen LogP contribution in [0.5, 0.6) is 0 Å². The Morgan fingerprint density at radius 3 is 2.69 bits per heavy atom. The van der Waals surface area contributed by atoms with E-state index in [9.17, 15) is 4.79 Å². The smallest absolute Gasteiger partial charge is 0.244 e. The van der Waals surface area contributed by atoms with Crippen LogP contribution in [0.3, 0.4) is 0 Å². The fraction of sp³-hybridized carbons (Fsp3) is 0.842. The van der Waals surface area contributed by atoms with Gasteiger partial charge in [-0.15, -0.1) is 0 Å². The molecule has 26 heavy (non-hydrogen) atoms. The summed E-state index contributed by atoms with van der Waals surface area (Å²) < 4.78 is 11.0. The maximum atomic E-state index is 12.5. The molecule has 7 heteroatoms. The van der Waals surface area contributed by atoms with Crippen molar-refractivity contribution >= 4 is 5.91 Å². The van der Waals surface area contributed by atoms with Crippen LogP contribution in [-0.4, -0.2) is 65.2 Å². The lowest BCUT2D eigenvalue weighted by atomic mass is 9.93. The van der Waals surface area contributed by atoms with Gasteiger partial charge in [0.05, 0.1) is 12.0 Å². The SMILES string of the molecule is O=C(C1CCOCC1)N1CC(c2noc(C3CCCN3CC3CC3)n2)C1. The van der Waals surface area contributed by atoms with E-state index in [1.807, 2.05) is 4.90 Å². The molecule has 3 saturated heterocycles. The van der Waals surface area contributed by atoms with E-state index < -0.39 is 0 Å². The van der Waals surface area contributed by atoms with Crippen LogP contribution in [0, 0.1) is 11.8 Å². The maximum Gasteiger partial charge on any atom is 0.244 e. The van der Waals surface area contributed by atoms with Crippen molar-refractivity contribution in [3.63, 3.8) is 0 Å². The fourth-order valence-corrected chi connectivity index (χ4v) is 4.53. The fourth-order valence-electron chi connectivity index (χ4n) is 4.53. The van der Waals surface area contributed by atoms with Gasteiger partial charge in [0.25, 0.3) is 0 Å². The Hall–Kier alpha value is -1.47. The van der Waals surface area contributed by atoms with Crippen molar-refractivity contribution in [1.29, 1.82) is 0 Å². The van der Waals surface area contributed by atoms with E-state index in [2.05, 4.69) is 10.1 Å². The van der Waals surface area contributed by atoms with E-state index in [0.29, 0.717) is 19.3 Å². The second-order valence-electron chi connectivity index (χ2n) is 8.41. The van der Waals surface area contributed by atoms with Crippen molar-refractivity contribution in [2.75, 3.05) is 39.4 Å². The molecule has 1 aliphatic carbocycles. The predicted octanol–water partition coefficient (Wildman–Crippen LogP) is 1.97. The summed E-state index contributed by atoms with van der Waals surface area (Å²) in [6.07, 6.45) is 6.78. The summed E-state index contributed by atoms with van der Waals surface area (Å²) in [4.78, 5) is 21.7. The molecule has 1 saturated carbocycles. The minimum absolute atomic E-state index is 0.139. The highest BCUT2D eigenvalue weighted by Gasteiger charge is 2.39. The first kappa shape index (κ1) is 16.7. The van der Waals surface area contributed by atoms with Gasteiger partial charge >= 0.3 is 0 Å². The summed E-state index contributed by atoms with van der Waals surface area (Å²) in [6.45, 7) is 5.20. The van der Waals surface area contributed by atoms with Crippen molar-refractivity contribution in [2.24, 2.45) is 11.8 Å². The second-order valence-corrected chi connectivity index (χ2v) is 8.41. The van der Waals surface area contributed by atoms with Crippen molar-refractivity contribution < 1.29 is 14.1 Å². The van der Waals surface area contributed by atoms with Crippen molar-refractivity contribution in [3.8, 4) is 0 Å². The molecule has 0 radical (unpaired) electrons. The number of likely N-dealkylation sites (tertiary alicyclic amines) is 2. The molecule has 0 aromatic carbocycles. The van der Waals surface area contributed by atoms with Crippen LogP contribution >= 0.6 is 0 Å². The van der Waals surface area contributed by atoms with Crippen molar-refractivity contribution in [1.82, 2.24) is 19.9 Å². The second kappa shape index (κ2) is 6.93. The predicted molar refractivity (Wildman–Crippen MR) is 93.4 cm³/mol. The average Bonchev–Trinajstić information content (AvgIpc) is 3.12. The van der Waals surface area contributed by atoms with Crippen molar-refractivity contribution in [2.45, 2.75) is 50.5 Å². The average molecular weight is 360 g/mol. The van der Waals surface area contributed by atoms with Crippen LogP contribution in [0.4, 0.5) is 0 Å². The monoisotopic (exact) mass is 360 g/mol. The molecule has 0 spiro atoms. The quantitative estimate of drug-likeness (QED) is 0.799. The molecular weight excluding hydrogens is 332 g/mol. The number of hydrogen-bond donors (Lipinski definition) is 0. The first-order chi connectivity index (χ1) is 12.8. The molecule has 1 atom stereocenters. The lowest BCUT2D eigenvalue weighted by Crippen LogP contribution is -2.51. The number of rotatable bonds is 5. The molecule has 1 aromatic rings. The standard InChI is InChI=1S/C19H28N4O3/c24-19(14-5-8-25-9-6-14)23-11-15(12-23)17-20-18(26-21-17)16-2-1-7-22(16)10-13-3-4-13/h13-16H,1-12H2. The zero-order valence-corrected chi connectivity index (χ0v) is 15.3. The van der Waals surface area contributed by atoms with Crippen LogP contribution in [0.2, 0.25) is 0 Å². The summed E-state index contributed by atoms with van der Waals surface area (Å²) in [5, 5.41) is 4.25. The largest absolute Gasteiger partial charge is 0.381 e. The third kappa shape index (κ3) is 3.27. The van der Waals surface area contributed by atoms with Gasteiger partial charge < -0.3 is 14.2 Å². The van der Waals surface area contributed by atoms with E-state index in [1.54, 1.807) is 0 Å². The van der Waals surface area contributed by atoms with Gasteiger partial charge in [-0.25, -0.2) is 0 Å². The lowest BCUT2D eigenvalue weighted by Gasteiger charge is -2.40. The molecule has 4 fully saturated rings. The Balaban J connectivity index is 1.17. The molecule has 3 aliphatic heterocycles. The summed E-state index contributed by atoms with van der Waals surface area (Å²) in [7, 11) is 0. The lowest BCUT2D eigenvalue weighted by molar-refractivity contribution is -0.143. The van der Waals surface area contributed by atoms with Crippen LogP contribution in [0.15, 0.2) is 4.52 Å². The van der Waals surface area contributed by atoms with E-state index in [-0.39, 0.29) is 17.7 Å². The van der Waals surface area contributed by atoms with Gasteiger partial charge in [-0.05, 0) is 51.0 Å². The van der Waals surface area contributed by atoms with Gasteiger partial charge in [0.15, 0.2) is 5.82 Å². The minimum atomic E-state index is 0.139. The summed E-state index contributed by atoms with van der Waals surface area (Å²) >= 11 is 0. The van der Waals surface area contributed by atoms with E-state index in [0.717, 1.165) is 56.5 Å². The van der Waals surface area contributed by atoms with Crippen molar-refractivity contribution in [3.05, 3.63) is 11.7 Å². The van der Waals surface area contributed by atoms with Gasteiger partial charge in [0.2, 0.25) is 11.8 Å². The Labute approximate surface area is 154 Å². The Morgan fingerprint density at radius 1 is 1.12 bits per heavy atom. The first-order valence-corrected chi connectivity index (χ1v) is 10.2. The number of aromatic nitrogens is 2. The Bertz CT molecular complexity index is 647. The highest BCUT2D eigenvalue weighted by atomic mass is 16.5. The molecule has 7 nitrogen and oxygen atoms in total. The third-order valence-corrected chi connectivity index (χ3v) is 6.42. The van der Waals surface area contributed by atoms with Gasteiger partial charge in [-0.3, -0.25) is 9.69 Å². The first-order valence-electron chi connectivity index (χ1n) is 10.2. The van der Waals surface area contributed by atoms with Gasteiger partial charge in [0, 0.05) is 38.8 Å². The topological polar surface area (TPSA) is 71.7 Å². The van der Waals surface area contributed by atoms with E-state index >= 15 is 0 Å². The van der Waals surface area contributed by atoms with Crippen LogP contribution < -0.4 is 0 Å². The summed E-state index contributed by atoms with van der Waals surface area (Å²) in [6, 6.07) is 0.303. The molecule has 4 heterocycles. The maximum absolute atomic E-state index is 12.5. The Kier molecular flexibility index (Phi) is 4.44. The third-order valence-electron chi connectivity index (χ3n) is 6.42. The number of carbonyl (C=O) groups excluding carboxylic acids is 1. The zero-order chi connectivity index (χ0) is 17.5. The molecule has 0 bridgehead atoms. The van der Waals surface area contributed by atoms with Crippen LogP contribution in [-0.2, 0) is 9.53 Å². The molecular formula is C19H28N4O3. The normalized spacial score (nSPS) is 28.5. The number of hydrogen-bond acceptors (Lipinski definition) is 6. The summed E-state index contributed by atoms with van der Waals surface area (Å²) in [5.41, 5.74) is 0. The van der Waals surface area contributed by atoms with E-state index in [4.69, 9.17) is 14.2 Å². The molecule has 1 unspecified atom stereocenters. The van der Waals surface area contributed by atoms with Crippen LogP contribution in [0.25, 0.3) is 0 Å². The zero-order valence-electron chi connectivity index (χ0n) is 15.3. The highest BCUT2D eigenvalue weighted by molar-refractivity contribution is 5.80. The highest BCUT2D eigenvalue weighted by Crippen LogP contribution is 2.38. The van der Waals surface area contributed by atoms with Gasteiger partial charge in [-0.1, -0.05) is 5.16 Å². The molecule has 4 aliphatic rings. The molecule has 142 valence electrons. The molecule has 1 amide bonds. The molecule has 0 N–H and O–H groups in total. The van der Waals surface area contributed by atoms with E-state index in [1.165, 1.54) is 25.8 Å². The summed E-state index contributed by atoms with van der Waals surface area (Å²) in [5.74, 6) is 3.10.